The SMILES string of the molecule is CCCCCCCCCCCCCCCCCCCCCCCCC(=O)O[C@H](COC(=O)CCCCCCCCCCCCCCC(C)C)COP(=O)(O)OC[C@@H](O)COP(=O)(O)OC[C@@H](COC(=O)CCCCCCCCCCCC)OC(=O)CCCCCCCCCCCCCCC(C)C. The van der Waals surface area contributed by atoms with E-state index in [1.807, 2.05) is 0 Å². The second-order valence-corrected chi connectivity index (χ2v) is 33.7. The van der Waals surface area contributed by atoms with Gasteiger partial charge in [-0.05, 0) is 37.5 Å². The molecule has 0 saturated heterocycles. The first-order valence-corrected chi connectivity index (χ1v) is 46.0. The zero-order valence-corrected chi connectivity index (χ0v) is 68.7. The molecule has 0 aromatic heterocycles. The fraction of sp³-hybridized carbons (Fsp3) is 0.952. The highest BCUT2D eigenvalue weighted by molar-refractivity contribution is 7.47. The van der Waals surface area contributed by atoms with Gasteiger partial charge in [0.05, 0.1) is 26.4 Å². The van der Waals surface area contributed by atoms with Crippen LogP contribution < -0.4 is 0 Å². The third kappa shape index (κ3) is 76.3. The fourth-order valence-electron chi connectivity index (χ4n) is 12.9. The van der Waals surface area contributed by atoms with Crippen LogP contribution in [0, 0.1) is 11.8 Å². The van der Waals surface area contributed by atoms with Crippen LogP contribution in [0.25, 0.3) is 0 Å². The maximum absolute atomic E-state index is 13.1. The van der Waals surface area contributed by atoms with Crippen molar-refractivity contribution in [1.82, 2.24) is 0 Å². The number of phosphoric acid groups is 2. The van der Waals surface area contributed by atoms with Crippen molar-refractivity contribution in [3.05, 3.63) is 0 Å². The minimum Gasteiger partial charge on any atom is -0.462 e. The van der Waals surface area contributed by atoms with Gasteiger partial charge >= 0.3 is 39.5 Å². The lowest BCUT2D eigenvalue weighted by molar-refractivity contribution is -0.161. The minimum absolute atomic E-state index is 0.107. The average molecular weight is 1490 g/mol. The molecule has 19 heteroatoms. The minimum atomic E-state index is -4.96. The van der Waals surface area contributed by atoms with Crippen LogP contribution in [-0.4, -0.2) is 96.7 Å². The topological polar surface area (TPSA) is 237 Å². The number of unbranched alkanes of at least 4 members (excludes halogenated alkanes) is 52. The van der Waals surface area contributed by atoms with E-state index in [4.69, 9.17) is 37.0 Å². The third-order valence-electron chi connectivity index (χ3n) is 19.5. The molecule has 0 aromatic rings. The molecule has 0 bridgehead atoms. The Bertz CT molecular complexity index is 1960. The molecule has 0 amide bonds. The van der Waals surface area contributed by atoms with E-state index >= 15 is 0 Å². The van der Waals surface area contributed by atoms with Gasteiger partial charge in [-0.3, -0.25) is 37.3 Å². The largest absolute Gasteiger partial charge is 0.472 e. The molecule has 0 radical (unpaired) electrons. The summed E-state index contributed by atoms with van der Waals surface area (Å²) in [5.41, 5.74) is 0. The van der Waals surface area contributed by atoms with Crippen molar-refractivity contribution in [1.29, 1.82) is 0 Å². The van der Waals surface area contributed by atoms with Crippen molar-refractivity contribution < 1.29 is 80.2 Å². The van der Waals surface area contributed by atoms with Gasteiger partial charge < -0.3 is 33.8 Å². The summed E-state index contributed by atoms with van der Waals surface area (Å²) < 4.78 is 68.8. The molecule has 0 aliphatic rings. The van der Waals surface area contributed by atoms with E-state index in [1.165, 1.54) is 257 Å². The summed E-state index contributed by atoms with van der Waals surface area (Å²) in [5, 5.41) is 10.7. The number of carbonyl (C=O) groups excluding carboxylic acids is 4. The van der Waals surface area contributed by atoms with E-state index in [9.17, 15) is 43.2 Å². The molecular weight excluding hydrogens is 1330 g/mol. The van der Waals surface area contributed by atoms with Crippen molar-refractivity contribution >= 4 is 39.5 Å². The molecule has 0 aliphatic heterocycles. The van der Waals surface area contributed by atoms with Crippen LogP contribution in [0.3, 0.4) is 0 Å². The summed E-state index contributed by atoms with van der Waals surface area (Å²) in [6, 6.07) is 0. The summed E-state index contributed by atoms with van der Waals surface area (Å²) in [6.07, 6.45) is 65.3. The first kappa shape index (κ1) is 100. The number of aliphatic hydroxyl groups excluding tert-OH is 1. The van der Waals surface area contributed by atoms with Crippen LogP contribution in [0.4, 0.5) is 0 Å². The summed E-state index contributed by atoms with van der Waals surface area (Å²) >= 11 is 0. The molecular formula is C83H162O17P2. The van der Waals surface area contributed by atoms with Gasteiger partial charge in [0.2, 0.25) is 0 Å². The summed E-state index contributed by atoms with van der Waals surface area (Å²) in [7, 11) is -9.92. The number of hydrogen-bond donors (Lipinski definition) is 3. The average Bonchev–Trinajstić information content (AvgIpc) is 0.919. The normalized spacial score (nSPS) is 13.9. The van der Waals surface area contributed by atoms with E-state index in [1.54, 1.807) is 0 Å². The second kappa shape index (κ2) is 74.5. The third-order valence-corrected chi connectivity index (χ3v) is 21.4. The van der Waals surface area contributed by atoms with Gasteiger partial charge in [-0.1, -0.05) is 388 Å². The number of esters is 4. The predicted octanol–water partition coefficient (Wildman–Crippen LogP) is 25.1. The van der Waals surface area contributed by atoms with Crippen LogP contribution in [0.5, 0.6) is 0 Å². The molecule has 606 valence electrons. The second-order valence-electron chi connectivity index (χ2n) is 30.8. The number of hydrogen-bond acceptors (Lipinski definition) is 15. The quantitative estimate of drug-likeness (QED) is 0.0222. The Kier molecular flexibility index (Phi) is 73.1. The first-order valence-electron chi connectivity index (χ1n) is 43.0. The number of phosphoric ester groups is 2. The zero-order valence-electron chi connectivity index (χ0n) is 66.9. The van der Waals surface area contributed by atoms with Crippen LogP contribution in [0.15, 0.2) is 0 Å². The van der Waals surface area contributed by atoms with Crippen molar-refractivity contribution in [2.75, 3.05) is 39.6 Å². The van der Waals surface area contributed by atoms with Gasteiger partial charge in [0, 0.05) is 25.7 Å². The summed E-state index contributed by atoms with van der Waals surface area (Å²) in [6.45, 7) is 9.66. The van der Waals surface area contributed by atoms with Gasteiger partial charge in [-0.15, -0.1) is 0 Å². The molecule has 2 unspecified atom stereocenters. The van der Waals surface area contributed by atoms with Crippen molar-refractivity contribution in [2.24, 2.45) is 11.8 Å². The molecule has 0 aliphatic carbocycles. The Morgan fingerprint density at radius 2 is 0.451 bits per heavy atom. The Balaban J connectivity index is 5.21. The van der Waals surface area contributed by atoms with Crippen LogP contribution >= 0.6 is 15.6 Å². The van der Waals surface area contributed by atoms with E-state index in [-0.39, 0.29) is 25.7 Å². The zero-order chi connectivity index (χ0) is 74.9. The molecule has 0 fully saturated rings. The number of rotatable bonds is 82. The van der Waals surface area contributed by atoms with Crippen molar-refractivity contribution in [2.45, 2.75) is 458 Å². The van der Waals surface area contributed by atoms with Crippen molar-refractivity contribution in [3.8, 4) is 0 Å². The lowest BCUT2D eigenvalue weighted by Gasteiger charge is -2.21. The lowest BCUT2D eigenvalue weighted by Crippen LogP contribution is -2.30. The molecule has 17 nitrogen and oxygen atoms in total. The van der Waals surface area contributed by atoms with E-state index in [0.29, 0.717) is 25.7 Å². The van der Waals surface area contributed by atoms with E-state index in [0.717, 1.165) is 102 Å². The molecule has 5 atom stereocenters. The van der Waals surface area contributed by atoms with Crippen LogP contribution in [0.1, 0.15) is 440 Å². The van der Waals surface area contributed by atoms with Crippen LogP contribution in [-0.2, 0) is 65.4 Å². The van der Waals surface area contributed by atoms with Crippen LogP contribution in [0.2, 0.25) is 0 Å². The molecule has 0 rings (SSSR count). The number of carbonyl (C=O) groups is 4. The van der Waals surface area contributed by atoms with Gasteiger partial charge in [0.1, 0.15) is 19.3 Å². The van der Waals surface area contributed by atoms with Crippen molar-refractivity contribution in [3.63, 3.8) is 0 Å². The molecule has 0 spiro atoms. The number of aliphatic hydroxyl groups is 1. The highest BCUT2D eigenvalue weighted by Crippen LogP contribution is 2.45. The smallest absolute Gasteiger partial charge is 0.462 e. The summed E-state index contributed by atoms with van der Waals surface area (Å²) in [4.78, 5) is 73.1. The lowest BCUT2D eigenvalue weighted by atomic mass is 10.0. The van der Waals surface area contributed by atoms with E-state index in [2.05, 4.69) is 41.5 Å². The van der Waals surface area contributed by atoms with E-state index < -0.39 is 97.5 Å². The molecule has 0 aromatic carbocycles. The molecule has 102 heavy (non-hydrogen) atoms. The van der Waals surface area contributed by atoms with Gasteiger partial charge in [0.15, 0.2) is 12.2 Å². The monoisotopic (exact) mass is 1490 g/mol. The maximum Gasteiger partial charge on any atom is 0.472 e. The Morgan fingerprint density at radius 1 is 0.265 bits per heavy atom. The number of ether oxygens (including phenoxy) is 4. The Hall–Kier alpha value is -1.94. The molecule has 0 heterocycles. The van der Waals surface area contributed by atoms with Gasteiger partial charge in [0.25, 0.3) is 0 Å². The Labute approximate surface area is 626 Å². The standard InChI is InChI=1S/C83H162O17P2/c1-7-9-11-13-15-17-19-20-21-22-23-24-25-26-27-28-29-37-43-49-55-61-67-82(87)100-79(72-94-81(86)66-60-54-48-42-36-32-30-34-39-45-51-57-63-75(3)4)74-98-102(91,92)96-70-77(84)69-95-101(89,90)97-73-78(71-93-80(85)65-59-53-47-41-18-16-14-12-10-8-2)99-83(88)68-62-56-50-44-38-33-31-35-40-46-52-58-64-76(5)6/h75-79,84H,7-74H2,1-6H3,(H,89,90)(H,91,92)/t77-,78+,79+/m0/s1. The summed E-state index contributed by atoms with van der Waals surface area (Å²) in [5.74, 6) is -0.548. The Morgan fingerprint density at radius 3 is 0.667 bits per heavy atom. The highest BCUT2D eigenvalue weighted by atomic mass is 31.2. The highest BCUT2D eigenvalue weighted by Gasteiger charge is 2.30. The van der Waals surface area contributed by atoms with Gasteiger partial charge in [-0.25, -0.2) is 9.13 Å². The first-order chi connectivity index (χ1) is 49.4. The van der Waals surface area contributed by atoms with Gasteiger partial charge in [-0.2, -0.15) is 0 Å². The molecule has 0 saturated carbocycles. The predicted molar refractivity (Wildman–Crippen MR) is 418 cm³/mol. The molecule has 3 N–H and O–H groups in total. The maximum atomic E-state index is 13.1. The fourth-order valence-corrected chi connectivity index (χ4v) is 14.5.